The molecule has 0 aliphatic carbocycles. The molecule has 1 heterocycles. The highest BCUT2D eigenvalue weighted by molar-refractivity contribution is 6.27. The number of hydrogen-bond acceptors (Lipinski definition) is 3. The highest BCUT2D eigenvalue weighted by Crippen LogP contribution is 2.12. The summed E-state index contributed by atoms with van der Waals surface area (Å²) in [6.07, 6.45) is 2.39. The van der Waals surface area contributed by atoms with Gasteiger partial charge in [0.1, 0.15) is 18.0 Å². The summed E-state index contributed by atoms with van der Waals surface area (Å²) < 4.78 is 0. The third kappa shape index (κ3) is 5.74. The Bertz CT molecular complexity index is 603. The fourth-order valence-electron chi connectivity index (χ4n) is 2.85. The van der Waals surface area contributed by atoms with Gasteiger partial charge in [-0.05, 0) is 25.3 Å². The summed E-state index contributed by atoms with van der Waals surface area (Å²) in [5, 5.41) is 5.28. The molecule has 2 rings (SSSR count). The maximum Gasteiger partial charge on any atom is 0.245 e. The minimum atomic E-state index is -0.754. The van der Waals surface area contributed by atoms with Crippen LogP contribution in [-0.4, -0.2) is 53.7 Å². The molecule has 0 saturated carbocycles. The third-order valence-corrected chi connectivity index (χ3v) is 4.45. The highest BCUT2D eigenvalue weighted by atomic mass is 35.5. The minimum absolute atomic E-state index is 0.0782. The lowest BCUT2D eigenvalue weighted by molar-refractivity contribution is -0.136. The first kappa shape index (κ1) is 19.2. The van der Waals surface area contributed by atoms with Crippen LogP contribution >= 0.6 is 11.6 Å². The van der Waals surface area contributed by atoms with Gasteiger partial charge in [0.15, 0.2) is 0 Å². The zero-order chi connectivity index (χ0) is 18.2. The van der Waals surface area contributed by atoms with Crippen molar-refractivity contribution in [3.63, 3.8) is 0 Å². The van der Waals surface area contributed by atoms with Gasteiger partial charge in [-0.2, -0.15) is 0 Å². The minimum Gasteiger partial charge on any atom is -0.344 e. The quantitative estimate of drug-likeness (QED) is 0.710. The van der Waals surface area contributed by atoms with Crippen molar-refractivity contribution in [3.8, 4) is 0 Å². The molecule has 1 aromatic carbocycles. The predicted molar refractivity (Wildman–Crippen MR) is 96.2 cm³/mol. The highest BCUT2D eigenvalue weighted by Gasteiger charge is 2.29. The second-order valence-corrected chi connectivity index (χ2v) is 6.47. The molecule has 1 aliphatic heterocycles. The van der Waals surface area contributed by atoms with Gasteiger partial charge in [-0.1, -0.05) is 30.3 Å². The lowest BCUT2D eigenvalue weighted by Crippen LogP contribution is -2.54. The maximum atomic E-state index is 12.8. The summed E-state index contributed by atoms with van der Waals surface area (Å²) in [6, 6.07) is 8.16. The Hall–Kier alpha value is -2.08. The molecular formula is C18H24ClN3O3. The van der Waals surface area contributed by atoms with E-state index in [1.807, 2.05) is 30.3 Å². The van der Waals surface area contributed by atoms with Crippen LogP contribution in [0.5, 0.6) is 0 Å². The van der Waals surface area contributed by atoms with Crippen LogP contribution in [0.2, 0.25) is 0 Å². The Kier molecular flexibility index (Phi) is 7.25. The van der Waals surface area contributed by atoms with E-state index in [2.05, 4.69) is 10.6 Å². The summed E-state index contributed by atoms with van der Waals surface area (Å²) in [5.41, 5.74) is 0.970. The fraction of sp³-hybridized carbons (Fsp3) is 0.500. The topological polar surface area (TPSA) is 78.5 Å². The Morgan fingerprint density at radius 3 is 2.36 bits per heavy atom. The standard InChI is InChI=1S/C18H24ClN3O3/c1-13(20-16(23)12-19)17(24)21-15(11-14-7-3-2-4-8-14)18(25)22-9-5-6-10-22/h2-4,7-8,13,15H,5-6,9-12H2,1H3,(H,20,23)(H,21,24)/t13-,15-/m0/s1. The molecule has 1 saturated heterocycles. The van der Waals surface area contributed by atoms with Crippen LogP contribution in [0.15, 0.2) is 30.3 Å². The van der Waals surface area contributed by atoms with E-state index < -0.39 is 23.9 Å². The van der Waals surface area contributed by atoms with Gasteiger partial charge in [0.05, 0.1) is 0 Å². The van der Waals surface area contributed by atoms with E-state index >= 15 is 0 Å². The Morgan fingerprint density at radius 2 is 1.76 bits per heavy atom. The zero-order valence-corrected chi connectivity index (χ0v) is 15.1. The molecular weight excluding hydrogens is 342 g/mol. The summed E-state index contributed by atoms with van der Waals surface area (Å²) in [6.45, 7) is 3.01. The molecule has 6 nitrogen and oxygen atoms in total. The van der Waals surface area contributed by atoms with Gasteiger partial charge >= 0.3 is 0 Å². The number of halogens is 1. The SMILES string of the molecule is C[C@H](NC(=O)CCl)C(=O)N[C@@H](Cc1ccccc1)C(=O)N1CCCC1. The molecule has 0 unspecified atom stereocenters. The molecule has 0 spiro atoms. The second kappa shape index (κ2) is 9.42. The molecule has 25 heavy (non-hydrogen) atoms. The number of nitrogens with zero attached hydrogens (tertiary/aromatic N) is 1. The molecule has 0 aromatic heterocycles. The average Bonchev–Trinajstić information content (AvgIpc) is 3.15. The van der Waals surface area contributed by atoms with Crippen LogP contribution < -0.4 is 10.6 Å². The lowest BCUT2D eigenvalue weighted by Gasteiger charge is -2.25. The van der Waals surface area contributed by atoms with Crippen LogP contribution in [0, 0.1) is 0 Å². The number of carbonyl (C=O) groups is 3. The van der Waals surface area contributed by atoms with Crippen molar-refractivity contribution < 1.29 is 14.4 Å². The van der Waals surface area contributed by atoms with E-state index in [9.17, 15) is 14.4 Å². The number of rotatable bonds is 7. The van der Waals surface area contributed by atoms with E-state index in [-0.39, 0.29) is 11.8 Å². The van der Waals surface area contributed by atoms with E-state index in [1.54, 1.807) is 11.8 Å². The zero-order valence-electron chi connectivity index (χ0n) is 14.3. The Balaban J connectivity index is 2.06. The largest absolute Gasteiger partial charge is 0.344 e. The van der Waals surface area contributed by atoms with Crippen molar-refractivity contribution in [1.82, 2.24) is 15.5 Å². The Morgan fingerprint density at radius 1 is 1.12 bits per heavy atom. The van der Waals surface area contributed by atoms with Gasteiger partial charge in [-0.3, -0.25) is 14.4 Å². The van der Waals surface area contributed by atoms with Crippen LogP contribution in [0.25, 0.3) is 0 Å². The van der Waals surface area contributed by atoms with Crippen LogP contribution in [0.4, 0.5) is 0 Å². The number of likely N-dealkylation sites (tertiary alicyclic amines) is 1. The number of benzene rings is 1. The van der Waals surface area contributed by atoms with Crippen molar-refractivity contribution in [3.05, 3.63) is 35.9 Å². The fourth-order valence-corrected chi connectivity index (χ4v) is 2.93. The first-order chi connectivity index (χ1) is 12.0. The first-order valence-electron chi connectivity index (χ1n) is 8.49. The monoisotopic (exact) mass is 365 g/mol. The van der Waals surface area contributed by atoms with Crippen molar-refractivity contribution >= 4 is 29.3 Å². The van der Waals surface area contributed by atoms with Gasteiger partial charge in [-0.25, -0.2) is 0 Å². The van der Waals surface area contributed by atoms with Gasteiger partial charge in [0, 0.05) is 19.5 Å². The predicted octanol–water partition coefficient (Wildman–Crippen LogP) is 1.08. The lowest BCUT2D eigenvalue weighted by atomic mass is 10.0. The van der Waals surface area contributed by atoms with Crippen LogP contribution in [0.3, 0.4) is 0 Å². The molecule has 2 N–H and O–H groups in total. The second-order valence-electron chi connectivity index (χ2n) is 6.21. The van der Waals surface area contributed by atoms with Crippen molar-refractivity contribution in [1.29, 1.82) is 0 Å². The molecule has 136 valence electrons. The molecule has 1 aliphatic rings. The van der Waals surface area contributed by atoms with E-state index in [4.69, 9.17) is 11.6 Å². The summed E-state index contributed by atoms with van der Waals surface area (Å²) >= 11 is 5.45. The van der Waals surface area contributed by atoms with Crippen molar-refractivity contribution in [2.45, 2.75) is 38.3 Å². The molecule has 0 bridgehead atoms. The number of carbonyl (C=O) groups excluding carboxylic acids is 3. The summed E-state index contributed by atoms with van der Waals surface area (Å²) in [7, 11) is 0. The third-order valence-electron chi connectivity index (χ3n) is 4.21. The van der Waals surface area contributed by atoms with Crippen molar-refractivity contribution in [2.75, 3.05) is 19.0 Å². The number of alkyl halides is 1. The van der Waals surface area contributed by atoms with Crippen LogP contribution in [0.1, 0.15) is 25.3 Å². The van der Waals surface area contributed by atoms with Gasteiger partial charge in [-0.15, -0.1) is 11.6 Å². The molecule has 0 radical (unpaired) electrons. The molecule has 3 amide bonds. The number of hydrogen-bond donors (Lipinski definition) is 2. The van der Waals surface area contributed by atoms with E-state index in [0.29, 0.717) is 6.42 Å². The van der Waals surface area contributed by atoms with Gasteiger partial charge < -0.3 is 15.5 Å². The Labute approximate surface area is 152 Å². The van der Waals surface area contributed by atoms with E-state index in [1.165, 1.54) is 0 Å². The number of amides is 3. The van der Waals surface area contributed by atoms with E-state index in [0.717, 1.165) is 31.5 Å². The molecule has 7 heteroatoms. The van der Waals surface area contributed by atoms with Crippen LogP contribution in [-0.2, 0) is 20.8 Å². The summed E-state index contributed by atoms with van der Waals surface area (Å²) in [4.78, 5) is 38.3. The van der Waals surface area contributed by atoms with Crippen molar-refractivity contribution in [2.24, 2.45) is 0 Å². The normalized spacial score (nSPS) is 16.2. The first-order valence-corrected chi connectivity index (χ1v) is 9.03. The smallest absolute Gasteiger partial charge is 0.245 e. The molecule has 1 fully saturated rings. The van der Waals surface area contributed by atoms with Gasteiger partial charge in [0.25, 0.3) is 0 Å². The average molecular weight is 366 g/mol. The van der Waals surface area contributed by atoms with Gasteiger partial charge in [0.2, 0.25) is 17.7 Å². The maximum absolute atomic E-state index is 12.8. The molecule has 2 atom stereocenters. The number of nitrogens with one attached hydrogen (secondary N) is 2. The molecule has 1 aromatic rings. The summed E-state index contributed by atoms with van der Waals surface area (Å²) in [5.74, 6) is -1.11.